The van der Waals surface area contributed by atoms with Crippen LogP contribution in [0.2, 0.25) is 0 Å². The van der Waals surface area contributed by atoms with Gasteiger partial charge in [-0.2, -0.15) is 0 Å². The summed E-state index contributed by atoms with van der Waals surface area (Å²) in [5.41, 5.74) is 1.78. The topological polar surface area (TPSA) is 88.0 Å². The summed E-state index contributed by atoms with van der Waals surface area (Å²) in [6.45, 7) is 10.2. The molecule has 2 rings (SSSR count). The van der Waals surface area contributed by atoms with Gasteiger partial charge in [0.25, 0.3) is 0 Å². The van der Waals surface area contributed by atoms with Crippen LogP contribution in [0, 0.1) is 0 Å². The highest BCUT2D eigenvalue weighted by molar-refractivity contribution is 14.0. The Hall–Kier alpha value is -2.07. The monoisotopic (exact) mass is 542 g/mol. The minimum absolute atomic E-state index is 0. The van der Waals surface area contributed by atoms with Gasteiger partial charge in [0.1, 0.15) is 5.75 Å². The molecule has 0 amide bonds. The smallest absolute Gasteiger partial charge is 0.213 e. The van der Waals surface area contributed by atoms with Crippen molar-refractivity contribution in [3.8, 4) is 11.6 Å². The number of rotatable bonds is 11. The predicted octanol–water partition coefficient (Wildman–Crippen LogP) is 4.06. The van der Waals surface area contributed by atoms with E-state index in [4.69, 9.17) is 9.47 Å². The lowest BCUT2D eigenvalue weighted by atomic mass is 10.1. The summed E-state index contributed by atoms with van der Waals surface area (Å²) in [6.07, 6.45) is 2.13. The van der Waals surface area contributed by atoms with Crippen LogP contribution in [0.1, 0.15) is 51.3 Å². The Bertz CT molecular complexity index is 785. The number of aliphatic hydroxyl groups is 1. The Balaban J connectivity index is 0.00000480. The number of hydrogen-bond donors (Lipinski definition) is 3. The molecule has 31 heavy (non-hydrogen) atoms. The zero-order chi connectivity index (χ0) is 21.8. The summed E-state index contributed by atoms with van der Waals surface area (Å²) >= 11 is 0. The van der Waals surface area contributed by atoms with Crippen LogP contribution in [0.25, 0.3) is 0 Å². The van der Waals surface area contributed by atoms with Crippen molar-refractivity contribution < 1.29 is 14.6 Å². The molecule has 1 heterocycles. The van der Waals surface area contributed by atoms with E-state index in [1.165, 1.54) is 0 Å². The molecule has 1 atom stereocenters. The fourth-order valence-electron chi connectivity index (χ4n) is 2.69. The van der Waals surface area contributed by atoms with Crippen LogP contribution < -0.4 is 20.1 Å². The molecule has 1 aromatic heterocycles. The molecule has 0 aliphatic rings. The fraction of sp³-hybridized carbons (Fsp3) is 0.478. The second-order valence-corrected chi connectivity index (χ2v) is 7.18. The molecule has 0 radical (unpaired) electrons. The van der Waals surface area contributed by atoms with Gasteiger partial charge >= 0.3 is 0 Å². The molecule has 0 saturated heterocycles. The van der Waals surface area contributed by atoms with Gasteiger partial charge in [-0.25, -0.2) is 9.98 Å². The Morgan fingerprint density at radius 2 is 1.97 bits per heavy atom. The second kappa shape index (κ2) is 14.9. The van der Waals surface area contributed by atoms with Crippen molar-refractivity contribution in [3.05, 3.63) is 53.7 Å². The first kappa shape index (κ1) is 27.0. The molecule has 1 aromatic carbocycles. The first-order valence-corrected chi connectivity index (χ1v) is 10.6. The molecule has 0 aliphatic heterocycles. The molecule has 0 spiro atoms. The van der Waals surface area contributed by atoms with Gasteiger partial charge in [-0.15, -0.1) is 24.0 Å². The number of nitrogens with zero attached hydrogens (tertiary/aromatic N) is 2. The van der Waals surface area contributed by atoms with Crippen LogP contribution in [-0.4, -0.2) is 41.9 Å². The molecular formula is C23H35IN4O3. The lowest BCUT2D eigenvalue weighted by Crippen LogP contribution is -2.39. The molecule has 0 saturated carbocycles. The summed E-state index contributed by atoms with van der Waals surface area (Å²) in [6, 6.07) is 11.3. The maximum absolute atomic E-state index is 10.6. The standard InChI is InChI=1S/C23H34N4O3.HI/c1-5-12-29-22-11-10-18(14-25-22)15-26-23(24-6-2)27-16-21(28)19-8-7-9-20(13-19)30-17(3)4;/h7-11,13-14,17,21,28H,5-6,12,15-16H2,1-4H3,(H2,24,26,27);1H. The minimum Gasteiger partial charge on any atom is -0.491 e. The summed E-state index contributed by atoms with van der Waals surface area (Å²) in [5, 5.41) is 16.9. The molecule has 0 bridgehead atoms. The number of halogens is 1. The quantitative estimate of drug-likeness (QED) is 0.226. The van der Waals surface area contributed by atoms with Gasteiger partial charge in [0.15, 0.2) is 5.96 Å². The summed E-state index contributed by atoms with van der Waals surface area (Å²) in [7, 11) is 0. The number of aromatic nitrogens is 1. The summed E-state index contributed by atoms with van der Waals surface area (Å²) in [4.78, 5) is 8.87. The largest absolute Gasteiger partial charge is 0.491 e. The van der Waals surface area contributed by atoms with Crippen LogP contribution in [0.15, 0.2) is 47.6 Å². The third kappa shape index (κ3) is 10.2. The molecule has 1 unspecified atom stereocenters. The average Bonchev–Trinajstić information content (AvgIpc) is 2.74. The Labute approximate surface area is 202 Å². The van der Waals surface area contributed by atoms with E-state index in [2.05, 4.69) is 27.5 Å². The molecule has 3 N–H and O–H groups in total. The number of guanidine groups is 1. The van der Waals surface area contributed by atoms with E-state index in [0.29, 0.717) is 31.5 Å². The minimum atomic E-state index is -0.679. The lowest BCUT2D eigenvalue weighted by molar-refractivity contribution is 0.179. The predicted molar refractivity (Wildman–Crippen MR) is 135 cm³/mol. The fourth-order valence-corrected chi connectivity index (χ4v) is 2.69. The zero-order valence-corrected chi connectivity index (χ0v) is 21.1. The zero-order valence-electron chi connectivity index (χ0n) is 18.8. The third-order valence-electron chi connectivity index (χ3n) is 4.09. The molecule has 8 heteroatoms. The average molecular weight is 542 g/mol. The van der Waals surface area contributed by atoms with Crippen molar-refractivity contribution >= 4 is 29.9 Å². The van der Waals surface area contributed by atoms with Gasteiger partial charge in [0.05, 0.1) is 25.4 Å². The maximum Gasteiger partial charge on any atom is 0.213 e. The number of benzene rings is 1. The van der Waals surface area contributed by atoms with E-state index >= 15 is 0 Å². The van der Waals surface area contributed by atoms with Gasteiger partial charge < -0.3 is 25.2 Å². The van der Waals surface area contributed by atoms with Crippen molar-refractivity contribution in [2.45, 2.75) is 52.9 Å². The number of ether oxygens (including phenoxy) is 2. The lowest BCUT2D eigenvalue weighted by Gasteiger charge is -2.17. The van der Waals surface area contributed by atoms with Gasteiger partial charge in [-0.05, 0) is 50.5 Å². The van der Waals surface area contributed by atoms with Gasteiger partial charge in [-0.3, -0.25) is 0 Å². The first-order chi connectivity index (χ1) is 14.5. The third-order valence-corrected chi connectivity index (χ3v) is 4.09. The SMILES string of the molecule is CCCOc1ccc(CN=C(NCC)NCC(O)c2cccc(OC(C)C)c2)cn1.I. The van der Waals surface area contributed by atoms with E-state index in [0.717, 1.165) is 29.8 Å². The number of pyridine rings is 1. The summed E-state index contributed by atoms with van der Waals surface area (Å²) < 4.78 is 11.2. The van der Waals surface area contributed by atoms with Crippen molar-refractivity contribution in [3.63, 3.8) is 0 Å². The molecule has 172 valence electrons. The van der Waals surface area contributed by atoms with E-state index in [1.807, 2.05) is 57.2 Å². The first-order valence-electron chi connectivity index (χ1n) is 10.6. The van der Waals surface area contributed by atoms with Crippen LogP contribution in [0.5, 0.6) is 11.6 Å². The van der Waals surface area contributed by atoms with Crippen LogP contribution in [0.3, 0.4) is 0 Å². The number of aliphatic hydroxyl groups excluding tert-OH is 1. The Kier molecular flexibility index (Phi) is 12.9. The summed E-state index contributed by atoms with van der Waals surface area (Å²) in [5.74, 6) is 2.01. The van der Waals surface area contributed by atoms with E-state index in [1.54, 1.807) is 6.20 Å². The van der Waals surface area contributed by atoms with Crippen molar-refractivity contribution in [1.82, 2.24) is 15.6 Å². The normalized spacial score (nSPS) is 12.1. The van der Waals surface area contributed by atoms with Crippen molar-refractivity contribution in [2.75, 3.05) is 19.7 Å². The molecule has 0 aliphatic carbocycles. The van der Waals surface area contributed by atoms with Crippen LogP contribution >= 0.6 is 24.0 Å². The van der Waals surface area contributed by atoms with E-state index in [-0.39, 0.29) is 30.1 Å². The molecule has 0 fully saturated rings. The van der Waals surface area contributed by atoms with Crippen LogP contribution in [0.4, 0.5) is 0 Å². The number of hydrogen-bond acceptors (Lipinski definition) is 5. The van der Waals surface area contributed by atoms with Crippen molar-refractivity contribution in [1.29, 1.82) is 0 Å². The highest BCUT2D eigenvalue weighted by Gasteiger charge is 2.10. The molecular weight excluding hydrogens is 507 g/mol. The van der Waals surface area contributed by atoms with Gasteiger partial charge in [-0.1, -0.05) is 25.1 Å². The van der Waals surface area contributed by atoms with E-state index < -0.39 is 6.10 Å². The molecule has 2 aromatic rings. The number of nitrogens with one attached hydrogen (secondary N) is 2. The number of aliphatic imine (C=N–C) groups is 1. The highest BCUT2D eigenvalue weighted by atomic mass is 127. The second-order valence-electron chi connectivity index (χ2n) is 7.18. The molecule has 7 nitrogen and oxygen atoms in total. The maximum atomic E-state index is 10.6. The van der Waals surface area contributed by atoms with Crippen LogP contribution in [-0.2, 0) is 6.54 Å². The van der Waals surface area contributed by atoms with E-state index in [9.17, 15) is 5.11 Å². The highest BCUT2D eigenvalue weighted by Crippen LogP contribution is 2.20. The van der Waals surface area contributed by atoms with Gasteiger partial charge in [0, 0.05) is 25.4 Å². The van der Waals surface area contributed by atoms with Gasteiger partial charge in [0.2, 0.25) is 5.88 Å². The Morgan fingerprint density at radius 1 is 1.16 bits per heavy atom. The van der Waals surface area contributed by atoms with Crippen molar-refractivity contribution in [2.24, 2.45) is 4.99 Å². The Morgan fingerprint density at radius 3 is 2.61 bits per heavy atom.